The molecule has 0 spiro atoms. The number of nitrogens with zero attached hydrogens (tertiary/aromatic N) is 2. The van der Waals surface area contributed by atoms with E-state index in [0.29, 0.717) is 62.9 Å². The molecule has 6 rings (SSSR count). The first-order chi connectivity index (χ1) is 24.1. The van der Waals surface area contributed by atoms with Gasteiger partial charge in [0.25, 0.3) is 0 Å². The predicted octanol–water partition coefficient (Wildman–Crippen LogP) is 3.88. The zero-order valence-corrected chi connectivity index (χ0v) is 29.9. The minimum atomic E-state index is -3.70. The fourth-order valence-electron chi connectivity index (χ4n) is 6.56. The third-order valence-electron chi connectivity index (χ3n) is 9.54. The first-order valence-electron chi connectivity index (χ1n) is 16.9. The molecule has 1 saturated carbocycles. The summed E-state index contributed by atoms with van der Waals surface area (Å²) in [5, 5.41) is 9.63. The van der Waals surface area contributed by atoms with Gasteiger partial charge < -0.3 is 21.1 Å². The maximum absolute atomic E-state index is 13.8. The van der Waals surface area contributed by atoms with Crippen molar-refractivity contribution in [2.45, 2.75) is 50.0 Å². The summed E-state index contributed by atoms with van der Waals surface area (Å²) in [6, 6.07) is 18.5. The van der Waals surface area contributed by atoms with Crippen molar-refractivity contribution in [2.75, 3.05) is 38.2 Å². The van der Waals surface area contributed by atoms with Gasteiger partial charge in [0, 0.05) is 36.7 Å². The van der Waals surface area contributed by atoms with Crippen molar-refractivity contribution in [3.05, 3.63) is 88.4 Å². The first-order valence-corrected chi connectivity index (χ1v) is 18.3. The van der Waals surface area contributed by atoms with Gasteiger partial charge in [0.1, 0.15) is 6.04 Å². The van der Waals surface area contributed by atoms with E-state index in [1.807, 2.05) is 31.2 Å². The topological polar surface area (TPSA) is 190 Å². The van der Waals surface area contributed by atoms with E-state index in [-0.39, 0.29) is 41.4 Å². The van der Waals surface area contributed by atoms with Crippen LogP contribution >= 0.6 is 12.4 Å². The van der Waals surface area contributed by atoms with E-state index >= 15 is 0 Å². The fraction of sp³-hybridized carbons (Fsp3) is 0.389. The smallest absolute Gasteiger partial charge is 0.379 e. The Balaban J connectivity index is 0.00000504. The van der Waals surface area contributed by atoms with Gasteiger partial charge in [-0.05, 0) is 104 Å². The number of carbonyl (C=O) groups is 2. The number of nitrogens with one attached hydrogen (secondary N) is 3. The second-order valence-electron chi connectivity index (χ2n) is 12.9. The Morgan fingerprint density at radius 2 is 1.73 bits per heavy atom. The molecule has 0 radical (unpaired) electrons. The SMILES string of the molecule is Cc1ccc(S(=O)(=O)N2CCOCC2)cc1-c1cccc(C[C@H](NC(=O)[C@H]2CC[C@H](CN)CC2)C(=O)Nc2ccc(-c3noc(=O)[nH]3)cc2)c1.Cl. The van der Waals surface area contributed by atoms with Gasteiger partial charge in [-0.3, -0.25) is 19.1 Å². The normalized spacial score (nSPS) is 18.7. The lowest BCUT2D eigenvalue weighted by Crippen LogP contribution is -2.48. The Labute approximate surface area is 302 Å². The molecule has 13 nitrogen and oxygen atoms in total. The van der Waals surface area contributed by atoms with Crippen LogP contribution in [0.1, 0.15) is 36.8 Å². The summed E-state index contributed by atoms with van der Waals surface area (Å²) in [5.41, 5.74) is 10.2. The molecule has 2 heterocycles. The molecule has 15 heteroatoms. The van der Waals surface area contributed by atoms with Crippen molar-refractivity contribution in [1.29, 1.82) is 0 Å². The molecule has 1 atom stereocenters. The number of hydrogen-bond donors (Lipinski definition) is 4. The second kappa shape index (κ2) is 16.8. The highest BCUT2D eigenvalue weighted by atomic mass is 35.5. The second-order valence-corrected chi connectivity index (χ2v) is 14.9. The number of benzene rings is 3. The van der Waals surface area contributed by atoms with E-state index in [1.54, 1.807) is 42.5 Å². The molecule has 4 aromatic rings. The number of sulfonamides is 1. The minimum Gasteiger partial charge on any atom is -0.379 e. The highest BCUT2D eigenvalue weighted by Crippen LogP contribution is 2.30. The molecule has 1 aliphatic heterocycles. The van der Waals surface area contributed by atoms with Crippen molar-refractivity contribution in [3.8, 4) is 22.5 Å². The van der Waals surface area contributed by atoms with Gasteiger partial charge in [0.15, 0.2) is 5.82 Å². The standard InChI is InChI=1S/C36H42N6O7S.ClH/c1-23-5-14-30(50(46,47)42-15-17-48-18-16-42)21-31(23)28-4-2-3-25(19-28)20-32(39-34(43)27-8-6-24(22-37)7-9-27)35(44)38-29-12-10-26(11-13-29)33-40-36(45)49-41-33;/h2-5,10-14,19,21,24,27,32H,6-9,15-18,20,22,37H2,1H3,(H,38,44)(H,39,43)(H,40,41,45);1H/t24-,27-,32-;/m0./s1. The van der Waals surface area contributed by atoms with Crippen molar-refractivity contribution in [2.24, 2.45) is 17.6 Å². The molecule has 1 aliphatic carbocycles. The maximum atomic E-state index is 13.8. The number of aromatic amines is 1. The van der Waals surface area contributed by atoms with Crippen molar-refractivity contribution in [3.63, 3.8) is 0 Å². The van der Waals surface area contributed by atoms with Gasteiger partial charge in [0.2, 0.25) is 21.8 Å². The highest BCUT2D eigenvalue weighted by molar-refractivity contribution is 7.89. The Morgan fingerprint density at radius 3 is 2.39 bits per heavy atom. The van der Waals surface area contributed by atoms with Crippen LogP contribution in [0.15, 0.2) is 80.9 Å². The number of anilines is 1. The number of aryl methyl sites for hydroxylation is 1. The summed E-state index contributed by atoms with van der Waals surface area (Å²) in [4.78, 5) is 41.4. The lowest BCUT2D eigenvalue weighted by molar-refractivity contribution is -0.130. The number of aromatic nitrogens is 2. The van der Waals surface area contributed by atoms with Crippen molar-refractivity contribution in [1.82, 2.24) is 19.8 Å². The number of halogens is 1. The molecular formula is C36H43ClN6O7S. The fourth-order valence-corrected chi connectivity index (χ4v) is 8.00. The van der Waals surface area contributed by atoms with Gasteiger partial charge in [-0.1, -0.05) is 35.5 Å². The van der Waals surface area contributed by atoms with Gasteiger partial charge in [0.05, 0.1) is 18.1 Å². The van der Waals surface area contributed by atoms with Crippen LogP contribution in [0.25, 0.3) is 22.5 Å². The Kier molecular flexibility index (Phi) is 12.5. The van der Waals surface area contributed by atoms with E-state index in [9.17, 15) is 22.8 Å². The van der Waals surface area contributed by atoms with E-state index in [4.69, 9.17) is 10.5 Å². The lowest BCUT2D eigenvalue weighted by atomic mass is 9.81. The van der Waals surface area contributed by atoms with Crippen LogP contribution in [-0.4, -0.2) is 73.6 Å². The van der Waals surface area contributed by atoms with Gasteiger partial charge in [-0.2, -0.15) is 4.31 Å². The molecule has 51 heavy (non-hydrogen) atoms. The molecule has 0 unspecified atom stereocenters. The first kappa shape index (κ1) is 37.9. The summed E-state index contributed by atoms with van der Waals surface area (Å²) in [6.07, 6.45) is 3.37. The molecule has 2 amide bonds. The molecule has 3 aromatic carbocycles. The van der Waals surface area contributed by atoms with Gasteiger partial charge in [-0.25, -0.2) is 13.2 Å². The van der Waals surface area contributed by atoms with Crippen LogP contribution < -0.4 is 22.1 Å². The molecule has 2 fully saturated rings. The third-order valence-corrected chi connectivity index (χ3v) is 11.4. The van der Waals surface area contributed by atoms with Gasteiger partial charge in [-0.15, -0.1) is 12.4 Å². The van der Waals surface area contributed by atoms with Crippen molar-refractivity contribution >= 4 is 39.9 Å². The summed E-state index contributed by atoms with van der Waals surface area (Å²) >= 11 is 0. The zero-order valence-electron chi connectivity index (χ0n) is 28.3. The van der Waals surface area contributed by atoms with E-state index in [0.717, 1.165) is 35.1 Å². The van der Waals surface area contributed by atoms with Crippen LogP contribution in [0.5, 0.6) is 0 Å². The monoisotopic (exact) mass is 738 g/mol. The van der Waals surface area contributed by atoms with Crippen molar-refractivity contribution < 1.29 is 27.3 Å². The van der Waals surface area contributed by atoms with Crippen LogP contribution in [0.3, 0.4) is 0 Å². The molecule has 1 saturated heterocycles. The zero-order chi connectivity index (χ0) is 35.3. The van der Waals surface area contributed by atoms with Crippen LogP contribution in [0.4, 0.5) is 5.69 Å². The number of amides is 2. The third kappa shape index (κ3) is 9.13. The summed E-state index contributed by atoms with van der Waals surface area (Å²) in [7, 11) is -3.70. The molecule has 0 bridgehead atoms. The quantitative estimate of drug-likeness (QED) is 0.177. The highest BCUT2D eigenvalue weighted by Gasteiger charge is 2.30. The maximum Gasteiger partial charge on any atom is 0.439 e. The predicted molar refractivity (Wildman–Crippen MR) is 195 cm³/mol. The van der Waals surface area contributed by atoms with E-state index in [2.05, 4.69) is 25.3 Å². The summed E-state index contributed by atoms with van der Waals surface area (Å²) in [6.45, 7) is 3.85. The number of ether oxygens (including phenoxy) is 1. The van der Waals surface area contributed by atoms with Crippen LogP contribution in [0.2, 0.25) is 0 Å². The molecule has 272 valence electrons. The number of H-pyrrole nitrogens is 1. The Morgan fingerprint density at radius 1 is 1.00 bits per heavy atom. The van der Waals surface area contributed by atoms with Crippen LogP contribution in [0, 0.1) is 18.8 Å². The van der Waals surface area contributed by atoms with Gasteiger partial charge >= 0.3 is 5.76 Å². The summed E-state index contributed by atoms with van der Waals surface area (Å²) in [5.74, 6) is -0.762. The Hall–Kier alpha value is -4.34. The average Bonchev–Trinajstić information content (AvgIpc) is 3.58. The number of carbonyl (C=O) groups excluding carboxylic acids is 2. The number of morpholine rings is 1. The molecule has 2 aliphatic rings. The lowest BCUT2D eigenvalue weighted by Gasteiger charge is -2.28. The molecule has 1 aromatic heterocycles. The van der Waals surface area contributed by atoms with E-state index < -0.39 is 27.7 Å². The number of nitrogens with two attached hydrogens (primary N) is 1. The van der Waals surface area contributed by atoms with Crippen LogP contribution in [-0.2, 0) is 30.8 Å². The Bertz CT molecular complexity index is 1990. The molecule has 5 N–H and O–H groups in total. The van der Waals surface area contributed by atoms with E-state index in [1.165, 1.54) is 4.31 Å². The molecular weight excluding hydrogens is 696 g/mol. The average molecular weight is 739 g/mol. The summed E-state index contributed by atoms with van der Waals surface area (Å²) < 4.78 is 38.2. The number of hydrogen-bond acceptors (Lipinski definition) is 9. The minimum absolute atomic E-state index is 0. The number of rotatable bonds is 11. The largest absolute Gasteiger partial charge is 0.439 e.